The van der Waals surface area contributed by atoms with Crippen LogP contribution < -0.4 is 5.32 Å². The van der Waals surface area contributed by atoms with Crippen molar-refractivity contribution in [2.75, 3.05) is 12.4 Å². The van der Waals surface area contributed by atoms with Crippen molar-refractivity contribution in [2.24, 2.45) is 0 Å². The van der Waals surface area contributed by atoms with Crippen molar-refractivity contribution in [1.82, 2.24) is 9.78 Å². The van der Waals surface area contributed by atoms with Gasteiger partial charge in [-0.25, -0.2) is 18.3 Å². The molecule has 148 valence electrons. The van der Waals surface area contributed by atoms with Crippen molar-refractivity contribution in [3.8, 4) is 5.69 Å². The van der Waals surface area contributed by atoms with E-state index in [4.69, 9.17) is 0 Å². The number of amides is 1. The second-order valence-corrected chi connectivity index (χ2v) is 5.70. The molecule has 11 heteroatoms. The van der Waals surface area contributed by atoms with Gasteiger partial charge in [-0.3, -0.25) is 14.9 Å². The minimum atomic E-state index is -1.13. The summed E-state index contributed by atoms with van der Waals surface area (Å²) in [6.45, 7) is 0. The van der Waals surface area contributed by atoms with Gasteiger partial charge in [0, 0.05) is 24.4 Å². The Kier molecular flexibility index (Phi) is 5.30. The molecule has 0 bridgehead atoms. The van der Waals surface area contributed by atoms with Crippen molar-refractivity contribution >= 4 is 23.3 Å². The van der Waals surface area contributed by atoms with Crippen LogP contribution in [0.25, 0.3) is 5.69 Å². The summed E-state index contributed by atoms with van der Waals surface area (Å²) < 4.78 is 33.4. The predicted octanol–water partition coefficient (Wildman–Crippen LogP) is 3.10. The Labute approximate surface area is 161 Å². The predicted molar refractivity (Wildman–Crippen MR) is 95.9 cm³/mol. The molecule has 1 heterocycles. The number of carbonyl (C=O) groups excluding carboxylic acids is 2. The number of non-ortho nitro benzene ring substituents is 1. The van der Waals surface area contributed by atoms with E-state index < -0.39 is 39.7 Å². The molecule has 3 rings (SSSR count). The summed E-state index contributed by atoms with van der Waals surface area (Å²) >= 11 is 0. The number of nitrogens with one attached hydrogen (secondary N) is 1. The molecule has 0 fully saturated rings. The lowest BCUT2D eigenvalue weighted by Gasteiger charge is -2.08. The normalized spacial score (nSPS) is 10.4. The molecule has 0 saturated heterocycles. The molecule has 0 spiro atoms. The number of nitro groups is 1. The highest BCUT2D eigenvalue weighted by molar-refractivity contribution is 6.04. The molecule has 0 aliphatic heterocycles. The Balaban J connectivity index is 1.82. The third-order valence-corrected chi connectivity index (χ3v) is 3.88. The van der Waals surface area contributed by atoms with Crippen LogP contribution in [-0.4, -0.2) is 33.7 Å². The molecule has 0 atom stereocenters. The third kappa shape index (κ3) is 4.08. The van der Waals surface area contributed by atoms with Crippen LogP contribution in [0.5, 0.6) is 0 Å². The fourth-order valence-corrected chi connectivity index (χ4v) is 2.41. The summed E-state index contributed by atoms with van der Waals surface area (Å²) in [6, 6.07) is 6.72. The summed E-state index contributed by atoms with van der Waals surface area (Å²) in [7, 11) is 1.04. The van der Waals surface area contributed by atoms with Gasteiger partial charge in [-0.05, 0) is 18.2 Å². The second-order valence-electron chi connectivity index (χ2n) is 5.70. The molecule has 3 aromatic rings. The van der Waals surface area contributed by atoms with Crippen LogP contribution in [0.3, 0.4) is 0 Å². The van der Waals surface area contributed by atoms with Crippen LogP contribution in [0, 0.1) is 21.7 Å². The van der Waals surface area contributed by atoms with Crippen molar-refractivity contribution in [3.05, 3.63) is 81.7 Å². The summed E-state index contributed by atoms with van der Waals surface area (Å²) in [6.07, 6.45) is 2.51. The average molecular weight is 402 g/mol. The number of nitrogens with zero attached hydrogens (tertiary/aromatic N) is 3. The monoisotopic (exact) mass is 402 g/mol. The first-order valence-electron chi connectivity index (χ1n) is 7.98. The van der Waals surface area contributed by atoms with E-state index >= 15 is 0 Å². The summed E-state index contributed by atoms with van der Waals surface area (Å²) in [5, 5.41) is 16.9. The number of halogens is 2. The van der Waals surface area contributed by atoms with Crippen LogP contribution >= 0.6 is 0 Å². The molecular formula is C18H12F2N4O5. The van der Waals surface area contributed by atoms with E-state index in [1.54, 1.807) is 0 Å². The number of benzene rings is 2. The minimum Gasteiger partial charge on any atom is -0.465 e. The Morgan fingerprint density at radius 1 is 1.17 bits per heavy atom. The number of ether oxygens (including phenoxy) is 1. The van der Waals surface area contributed by atoms with Crippen LogP contribution in [0.15, 0.2) is 48.8 Å². The Morgan fingerprint density at radius 2 is 1.86 bits per heavy atom. The quantitative estimate of drug-likeness (QED) is 0.398. The lowest BCUT2D eigenvalue weighted by Crippen LogP contribution is -2.14. The van der Waals surface area contributed by atoms with Gasteiger partial charge in [0.15, 0.2) is 0 Å². The minimum absolute atomic E-state index is 0.0340. The van der Waals surface area contributed by atoms with Gasteiger partial charge in [-0.1, -0.05) is 0 Å². The van der Waals surface area contributed by atoms with Gasteiger partial charge in [-0.2, -0.15) is 5.10 Å². The molecule has 0 saturated carbocycles. The zero-order valence-electron chi connectivity index (χ0n) is 14.8. The van der Waals surface area contributed by atoms with Gasteiger partial charge in [-0.15, -0.1) is 0 Å². The Hall–Kier alpha value is -4.15. The van der Waals surface area contributed by atoms with Crippen LogP contribution in [-0.2, 0) is 4.74 Å². The van der Waals surface area contributed by atoms with Gasteiger partial charge in [0.2, 0.25) is 0 Å². The average Bonchev–Trinajstić information content (AvgIpc) is 3.20. The van der Waals surface area contributed by atoms with Gasteiger partial charge in [0.25, 0.3) is 11.6 Å². The fraction of sp³-hybridized carbons (Fsp3) is 0.0556. The van der Waals surface area contributed by atoms with E-state index in [2.05, 4.69) is 15.2 Å². The lowest BCUT2D eigenvalue weighted by molar-refractivity contribution is -0.384. The molecule has 1 amide bonds. The van der Waals surface area contributed by atoms with Crippen molar-refractivity contribution < 1.29 is 28.0 Å². The number of methoxy groups -OCH3 is 1. The van der Waals surface area contributed by atoms with Gasteiger partial charge in [0.1, 0.15) is 11.6 Å². The second kappa shape index (κ2) is 7.84. The van der Waals surface area contributed by atoms with E-state index in [0.29, 0.717) is 11.8 Å². The molecule has 9 nitrogen and oxygen atoms in total. The molecule has 0 radical (unpaired) electrons. The lowest BCUT2D eigenvalue weighted by atomic mass is 10.1. The largest absolute Gasteiger partial charge is 0.465 e. The number of carbonyl (C=O) groups is 2. The van der Waals surface area contributed by atoms with Crippen molar-refractivity contribution in [3.63, 3.8) is 0 Å². The molecule has 2 aromatic carbocycles. The van der Waals surface area contributed by atoms with E-state index in [1.807, 2.05) is 0 Å². The SMILES string of the molecule is COC(=O)c1cc(NC(=O)c2cnn(-c3ccc([N+](=O)[O-])cc3)c2)c(F)cc1F. The number of aromatic nitrogens is 2. The van der Waals surface area contributed by atoms with Crippen molar-refractivity contribution in [2.45, 2.75) is 0 Å². The molecule has 1 aromatic heterocycles. The number of hydrogen-bond acceptors (Lipinski definition) is 6. The third-order valence-electron chi connectivity index (χ3n) is 3.88. The fourth-order valence-electron chi connectivity index (χ4n) is 2.41. The molecular weight excluding hydrogens is 390 g/mol. The standard InChI is InChI=1S/C18H12F2N4O5/c1-29-18(26)13-6-16(15(20)7-14(13)19)22-17(25)10-8-21-23(9-10)11-2-4-12(5-3-11)24(27)28/h2-9H,1H3,(H,22,25). The van der Waals surface area contributed by atoms with E-state index in [-0.39, 0.29) is 11.3 Å². The maximum Gasteiger partial charge on any atom is 0.340 e. The Bertz CT molecular complexity index is 1110. The highest BCUT2D eigenvalue weighted by Gasteiger charge is 2.19. The topological polar surface area (TPSA) is 116 Å². The van der Waals surface area contributed by atoms with Gasteiger partial charge >= 0.3 is 5.97 Å². The van der Waals surface area contributed by atoms with Crippen LogP contribution in [0.4, 0.5) is 20.2 Å². The van der Waals surface area contributed by atoms with Crippen LogP contribution in [0.1, 0.15) is 20.7 Å². The van der Waals surface area contributed by atoms with E-state index in [0.717, 1.165) is 13.2 Å². The first-order valence-corrected chi connectivity index (χ1v) is 7.98. The zero-order valence-corrected chi connectivity index (χ0v) is 14.8. The molecule has 0 aliphatic carbocycles. The van der Waals surface area contributed by atoms with E-state index in [9.17, 15) is 28.5 Å². The highest BCUT2D eigenvalue weighted by Crippen LogP contribution is 2.21. The molecule has 29 heavy (non-hydrogen) atoms. The molecule has 1 N–H and O–H groups in total. The maximum atomic E-state index is 14.0. The number of nitro benzene ring substituents is 1. The zero-order chi connectivity index (χ0) is 21.1. The van der Waals surface area contributed by atoms with Crippen LogP contribution in [0.2, 0.25) is 0 Å². The highest BCUT2D eigenvalue weighted by atomic mass is 19.1. The molecule has 0 aliphatic rings. The number of rotatable bonds is 5. The number of hydrogen-bond donors (Lipinski definition) is 1. The first-order chi connectivity index (χ1) is 13.8. The summed E-state index contributed by atoms with van der Waals surface area (Å²) in [5.74, 6) is -3.99. The molecule has 0 unspecified atom stereocenters. The smallest absolute Gasteiger partial charge is 0.340 e. The van der Waals surface area contributed by atoms with Crippen molar-refractivity contribution in [1.29, 1.82) is 0 Å². The number of anilines is 1. The first kappa shape index (κ1) is 19.6. The summed E-state index contributed by atoms with van der Waals surface area (Å²) in [4.78, 5) is 34.0. The number of esters is 1. The maximum absolute atomic E-state index is 14.0. The Morgan fingerprint density at radius 3 is 2.48 bits per heavy atom. The van der Waals surface area contributed by atoms with Gasteiger partial charge in [0.05, 0.1) is 40.7 Å². The van der Waals surface area contributed by atoms with E-state index in [1.165, 1.54) is 41.3 Å². The summed E-state index contributed by atoms with van der Waals surface area (Å²) in [5.41, 5.74) is -0.569. The van der Waals surface area contributed by atoms with Gasteiger partial charge < -0.3 is 10.1 Å².